The molecule has 2 heterocycles. The van der Waals surface area contributed by atoms with Crippen molar-refractivity contribution in [1.82, 2.24) is 15.1 Å². The van der Waals surface area contributed by atoms with Gasteiger partial charge in [0.15, 0.2) is 0 Å². The van der Waals surface area contributed by atoms with Crippen molar-refractivity contribution in [3.63, 3.8) is 0 Å². The fourth-order valence-corrected chi connectivity index (χ4v) is 5.06. The van der Waals surface area contributed by atoms with E-state index in [1.165, 1.54) is 37.4 Å². The van der Waals surface area contributed by atoms with E-state index >= 15 is 0 Å². The van der Waals surface area contributed by atoms with E-state index in [-0.39, 0.29) is 5.91 Å². The topological polar surface area (TPSA) is 77.7 Å². The van der Waals surface area contributed by atoms with Crippen molar-refractivity contribution in [2.75, 3.05) is 33.1 Å². The molecule has 0 radical (unpaired) electrons. The first-order chi connectivity index (χ1) is 14.2. The number of hydrogen-bond acceptors (Lipinski definition) is 7. The van der Waals surface area contributed by atoms with Crippen LogP contribution in [0.3, 0.4) is 0 Å². The number of benzene rings is 1. The standard InChI is InChI=1S/C21H27N3O4S/c1-26-16-7-8-17(18(11-16)27-2)20-22-23-21(28-20)29-13-19(25)24-10-9-14-5-3-4-6-15(14)12-24/h7-8,11,14-15H,3-6,9-10,12-13H2,1-2H3/t14-,15+/m1/s1. The first-order valence-electron chi connectivity index (χ1n) is 10.1. The molecule has 0 spiro atoms. The van der Waals surface area contributed by atoms with E-state index in [1.807, 2.05) is 17.0 Å². The number of amides is 1. The average molecular weight is 418 g/mol. The van der Waals surface area contributed by atoms with Gasteiger partial charge in [-0.25, -0.2) is 0 Å². The predicted octanol–water partition coefficient (Wildman–Crippen LogP) is 3.88. The summed E-state index contributed by atoms with van der Waals surface area (Å²) in [7, 11) is 3.18. The summed E-state index contributed by atoms with van der Waals surface area (Å²) in [6, 6.07) is 5.40. The van der Waals surface area contributed by atoms with Crippen molar-refractivity contribution in [3.05, 3.63) is 18.2 Å². The first-order valence-corrected chi connectivity index (χ1v) is 11.1. The lowest BCUT2D eigenvalue weighted by Crippen LogP contribution is -2.45. The molecule has 4 rings (SSSR count). The molecule has 2 aromatic rings. The number of thioether (sulfide) groups is 1. The van der Waals surface area contributed by atoms with Crippen LogP contribution in [0, 0.1) is 11.8 Å². The summed E-state index contributed by atoms with van der Waals surface area (Å²) in [5.74, 6) is 3.62. The van der Waals surface area contributed by atoms with E-state index in [0.29, 0.717) is 39.8 Å². The quantitative estimate of drug-likeness (QED) is 0.660. The molecular weight excluding hydrogens is 390 g/mol. The predicted molar refractivity (Wildman–Crippen MR) is 110 cm³/mol. The van der Waals surface area contributed by atoms with Gasteiger partial charge < -0.3 is 18.8 Å². The lowest BCUT2D eigenvalue weighted by atomic mass is 9.75. The van der Waals surface area contributed by atoms with Crippen LogP contribution in [0.5, 0.6) is 11.5 Å². The van der Waals surface area contributed by atoms with Gasteiger partial charge in [-0.2, -0.15) is 0 Å². The number of hydrogen-bond donors (Lipinski definition) is 0. The van der Waals surface area contributed by atoms with Gasteiger partial charge in [0.1, 0.15) is 11.5 Å². The van der Waals surface area contributed by atoms with Gasteiger partial charge in [-0.15, -0.1) is 10.2 Å². The van der Waals surface area contributed by atoms with E-state index in [0.717, 1.165) is 25.4 Å². The molecule has 8 heteroatoms. The number of methoxy groups -OCH3 is 2. The number of rotatable bonds is 6. The van der Waals surface area contributed by atoms with Gasteiger partial charge in [0.05, 0.1) is 25.5 Å². The Labute approximate surface area is 175 Å². The van der Waals surface area contributed by atoms with Crippen LogP contribution in [-0.2, 0) is 4.79 Å². The molecule has 1 aromatic heterocycles. The van der Waals surface area contributed by atoms with E-state index < -0.39 is 0 Å². The van der Waals surface area contributed by atoms with Crippen LogP contribution in [0.4, 0.5) is 0 Å². The van der Waals surface area contributed by atoms with E-state index in [4.69, 9.17) is 13.9 Å². The molecule has 156 valence electrons. The minimum atomic E-state index is 0.154. The van der Waals surface area contributed by atoms with Crippen LogP contribution in [0.1, 0.15) is 32.1 Å². The van der Waals surface area contributed by atoms with Crippen LogP contribution in [0.15, 0.2) is 27.8 Å². The highest BCUT2D eigenvalue weighted by molar-refractivity contribution is 7.99. The summed E-state index contributed by atoms with van der Waals surface area (Å²) in [4.78, 5) is 14.7. The van der Waals surface area contributed by atoms with E-state index in [2.05, 4.69) is 10.2 Å². The molecule has 2 atom stereocenters. The number of carbonyl (C=O) groups excluding carboxylic acids is 1. The maximum atomic E-state index is 12.7. The van der Waals surface area contributed by atoms with Crippen LogP contribution in [-0.4, -0.2) is 54.1 Å². The highest BCUT2D eigenvalue weighted by Crippen LogP contribution is 2.37. The molecule has 1 aliphatic carbocycles. The number of fused-ring (bicyclic) bond motifs is 1. The summed E-state index contributed by atoms with van der Waals surface area (Å²) < 4.78 is 16.4. The first kappa shape index (κ1) is 20.1. The summed E-state index contributed by atoms with van der Waals surface area (Å²) in [6.45, 7) is 1.78. The maximum Gasteiger partial charge on any atom is 0.277 e. The monoisotopic (exact) mass is 417 g/mol. The number of carbonyl (C=O) groups is 1. The zero-order valence-corrected chi connectivity index (χ0v) is 17.7. The molecule has 0 bridgehead atoms. The Morgan fingerprint density at radius 3 is 2.79 bits per heavy atom. The number of nitrogens with zero attached hydrogens (tertiary/aromatic N) is 3. The Balaban J connectivity index is 1.35. The second-order valence-electron chi connectivity index (χ2n) is 7.66. The Bertz CT molecular complexity index is 856. The maximum absolute atomic E-state index is 12.7. The van der Waals surface area contributed by atoms with Crippen molar-refractivity contribution >= 4 is 17.7 Å². The highest BCUT2D eigenvalue weighted by atomic mass is 32.2. The summed E-state index contributed by atoms with van der Waals surface area (Å²) in [6.07, 6.45) is 6.39. The Hall–Kier alpha value is -2.22. The molecular formula is C21H27N3O4S. The van der Waals surface area contributed by atoms with Gasteiger partial charge in [0.25, 0.3) is 11.1 Å². The summed E-state index contributed by atoms with van der Waals surface area (Å²) >= 11 is 1.29. The molecule has 1 saturated carbocycles. The van der Waals surface area contributed by atoms with Crippen LogP contribution >= 0.6 is 11.8 Å². The minimum absolute atomic E-state index is 0.154. The van der Waals surface area contributed by atoms with Gasteiger partial charge >= 0.3 is 0 Å². The Morgan fingerprint density at radius 1 is 1.17 bits per heavy atom. The number of ether oxygens (including phenoxy) is 2. The largest absolute Gasteiger partial charge is 0.497 e. The third-order valence-corrected chi connectivity index (χ3v) is 6.81. The average Bonchev–Trinajstić information content (AvgIpc) is 3.25. The van der Waals surface area contributed by atoms with Crippen molar-refractivity contribution < 1.29 is 18.7 Å². The lowest BCUT2D eigenvalue weighted by Gasteiger charge is -2.41. The van der Waals surface area contributed by atoms with Crippen molar-refractivity contribution in [2.24, 2.45) is 11.8 Å². The number of aromatic nitrogens is 2. The Morgan fingerprint density at radius 2 is 2.00 bits per heavy atom. The smallest absolute Gasteiger partial charge is 0.277 e. The fraction of sp³-hybridized carbons (Fsp3) is 0.571. The fourth-order valence-electron chi connectivity index (χ4n) is 4.39. The Kier molecular flexibility index (Phi) is 6.28. The van der Waals surface area contributed by atoms with E-state index in [1.54, 1.807) is 20.3 Å². The van der Waals surface area contributed by atoms with Crippen LogP contribution in [0.2, 0.25) is 0 Å². The molecule has 2 fully saturated rings. The SMILES string of the molecule is COc1ccc(-c2nnc(SCC(=O)N3CC[C@H]4CCCC[C@H]4C3)o2)c(OC)c1. The highest BCUT2D eigenvalue weighted by Gasteiger charge is 2.32. The molecule has 1 amide bonds. The zero-order chi connectivity index (χ0) is 20.2. The molecule has 0 N–H and O–H groups in total. The number of likely N-dealkylation sites (tertiary alicyclic amines) is 1. The summed E-state index contributed by atoms with van der Waals surface area (Å²) in [5.41, 5.74) is 0.693. The zero-order valence-electron chi connectivity index (χ0n) is 16.9. The second-order valence-corrected chi connectivity index (χ2v) is 8.59. The van der Waals surface area contributed by atoms with Crippen molar-refractivity contribution in [1.29, 1.82) is 0 Å². The second kappa shape index (κ2) is 9.07. The molecule has 2 aliphatic rings. The van der Waals surface area contributed by atoms with Gasteiger partial charge in [-0.1, -0.05) is 31.0 Å². The van der Waals surface area contributed by atoms with Crippen molar-refractivity contribution in [3.8, 4) is 23.0 Å². The molecule has 29 heavy (non-hydrogen) atoms. The minimum Gasteiger partial charge on any atom is -0.497 e. The molecule has 1 saturated heterocycles. The lowest BCUT2D eigenvalue weighted by molar-refractivity contribution is -0.131. The van der Waals surface area contributed by atoms with Crippen molar-refractivity contribution in [2.45, 2.75) is 37.3 Å². The molecule has 1 aliphatic heterocycles. The van der Waals surface area contributed by atoms with Gasteiger partial charge in [-0.05, 0) is 36.8 Å². The van der Waals surface area contributed by atoms with Gasteiger partial charge in [0, 0.05) is 19.2 Å². The molecule has 7 nitrogen and oxygen atoms in total. The van der Waals surface area contributed by atoms with Gasteiger partial charge in [-0.3, -0.25) is 4.79 Å². The van der Waals surface area contributed by atoms with Gasteiger partial charge in [0.2, 0.25) is 5.91 Å². The normalized spacial score (nSPS) is 21.5. The van der Waals surface area contributed by atoms with Crippen LogP contribution < -0.4 is 9.47 Å². The third-order valence-electron chi connectivity index (χ3n) is 6.01. The third kappa shape index (κ3) is 4.52. The van der Waals surface area contributed by atoms with Crippen LogP contribution in [0.25, 0.3) is 11.5 Å². The van der Waals surface area contributed by atoms with E-state index in [9.17, 15) is 4.79 Å². The number of piperidine rings is 1. The molecule has 1 aromatic carbocycles. The molecule has 0 unspecified atom stereocenters. The summed E-state index contributed by atoms with van der Waals surface area (Å²) in [5, 5.41) is 8.58.